The van der Waals surface area contributed by atoms with E-state index < -0.39 is 23.9 Å². The van der Waals surface area contributed by atoms with Crippen molar-refractivity contribution in [3.8, 4) is 11.5 Å². The van der Waals surface area contributed by atoms with Gasteiger partial charge in [-0.25, -0.2) is 17.9 Å². The molecule has 7 nitrogen and oxygen atoms in total. The van der Waals surface area contributed by atoms with Gasteiger partial charge in [-0.2, -0.15) is 0 Å². The topological polar surface area (TPSA) is 78.8 Å². The highest BCUT2D eigenvalue weighted by Gasteiger charge is 2.49. The van der Waals surface area contributed by atoms with Gasteiger partial charge in [-0.3, -0.25) is 4.79 Å². The van der Waals surface area contributed by atoms with Crippen LogP contribution >= 0.6 is 0 Å². The number of carbonyl (C=O) groups excluding carboxylic acids is 1. The third-order valence-corrected chi connectivity index (χ3v) is 7.55. The second-order valence-electron chi connectivity index (χ2n) is 10.5. The van der Waals surface area contributed by atoms with E-state index in [0.29, 0.717) is 35.6 Å². The first-order valence-electron chi connectivity index (χ1n) is 13.8. The predicted octanol–water partition coefficient (Wildman–Crippen LogP) is 2.38. The average molecular weight is 690 g/mol. The van der Waals surface area contributed by atoms with Gasteiger partial charge in [-0.1, -0.05) is 12.1 Å². The smallest absolute Gasteiger partial charge is 0.243 e. The van der Waals surface area contributed by atoms with E-state index in [0.717, 1.165) is 19.4 Å². The number of aryl methyl sites for hydroxylation is 2. The SMILES string of the molecule is C[n+]1ccn(CCCCOc2ccc(C3C(CCC(O)c4ccc(F)cc4)C(=O)N3c3ccc(F)cc3)c(O)c2)c1.[I-]. The molecule has 222 valence electrons. The van der Waals surface area contributed by atoms with Crippen molar-refractivity contribution in [2.75, 3.05) is 11.5 Å². The molecule has 3 unspecified atom stereocenters. The highest BCUT2D eigenvalue weighted by Crippen LogP contribution is 2.49. The Kier molecular flexibility index (Phi) is 10.6. The number of aliphatic hydroxyl groups is 1. The van der Waals surface area contributed by atoms with Gasteiger partial charge in [0.25, 0.3) is 0 Å². The molecule has 5 rings (SSSR count). The van der Waals surface area contributed by atoms with E-state index in [1.54, 1.807) is 23.1 Å². The Morgan fingerprint density at radius 1 is 1.00 bits per heavy atom. The van der Waals surface area contributed by atoms with Crippen molar-refractivity contribution < 1.29 is 57.1 Å². The van der Waals surface area contributed by atoms with E-state index in [4.69, 9.17) is 4.74 Å². The number of nitrogens with zero attached hydrogens (tertiary/aromatic N) is 3. The molecule has 3 atom stereocenters. The quantitative estimate of drug-likeness (QED) is 0.104. The maximum absolute atomic E-state index is 13.6. The molecular weight excluding hydrogens is 655 g/mol. The van der Waals surface area contributed by atoms with Gasteiger partial charge in [-0.05, 0) is 79.8 Å². The van der Waals surface area contributed by atoms with Crippen LogP contribution in [0.2, 0.25) is 0 Å². The zero-order valence-electron chi connectivity index (χ0n) is 23.2. The van der Waals surface area contributed by atoms with Crippen LogP contribution in [-0.4, -0.2) is 27.3 Å². The number of amides is 1. The van der Waals surface area contributed by atoms with Crippen molar-refractivity contribution in [1.29, 1.82) is 0 Å². The Bertz CT molecular complexity index is 1480. The summed E-state index contributed by atoms with van der Waals surface area (Å²) in [7, 11) is 1.98. The van der Waals surface area contributed by atoms with Crippen LogP contribution in [-0.2, 0) is 18.4 Å². The number of imidazole rings is 1. The summed E-state index contributed by atoms with van der Waals surface area (Å²) in [6, 6.07) is 15.8. The molecule has 1 saturated heterocycles. The minimum atomic E-state index is -0.867. The lowest BCUT2D eigenvalue weighted by atomic mass is 9.78. The highest BCUT2D eigenvalue weighted by atomic mass is 127. The maximum Gasteiger partial charge on any atom is 0.243 e. The molecule has 0 spiro atoms. The number of benzene rings is 3. The molecule has 1 aliphatic rings. The van der Waals surface area contributed by atoms with Crippen LogP contribution in [0.4, 0.5) is 14.5 Å². The number of aromatic hydroxyl groups is 1. The molecule has 1 aliphatic heterocycles. The van der Waals surface area contributed by atoms with Crippen LogP contribution < -0.4 is 38.2 Å². The van der Waals surface area contributed by atoms with Gasteiger partial charge in [-0.15, -0.1) is 0 Å². The monoisotopic (exact) mass is 689 g/mol. The maximum atomic E-state index is 13.6. The van der Waals surface area contributed by atoms with Gasteiger partial charge in [0, 0.05) is 17.3 Å². The Morgan fingerprint density at radius 3 is 2.33 bits per heavy atom. The van der Waals surface area contributed by atoms with Crippen LogP contribution in [0.25, 0.3) is 0 Å². The molecule has 0 aliphatic carbocycles. The van der Waals surface area contributed by atoms with Gasteiger partial charge in [0.15, 0.2) is 0 Å². The molecule has 0 saturated carbocycles. The molecule has 1 fully saturated rings. The Balaban J connectivity index is 0.00000405. The number of carbonyl (C=O) groups is 1. The summed E-state index contributed by atoms with van der Waals surface area (Å²) in [5.41, 5.74) is 1.63. The fourth-order valence-electron chi connectivity index (χ4n) is 5.35. The summed E-state index contributed by atoms with van der Waals surface area (Å²) >= 11 is 0. The summed E-state index contributed by atoms with van der Waals surface area (Å²) < 4.78 is 36.9. The number of halogens is 3. The number of β-lactam (4-membered cyclic amide) rings is 1. The second kappa shape index (κ2) is 14.1. The number of rotatable bonds is 12. The van der Waals surface area contributed by atoms with E-state index in [1.165, 1.54) is 48.5 Å². The summed E-state index contributed by atoms with van der Waals surface area (Å²) in [4.78, 5) is 14.8. The average Bonchev–Trinajstić information content (AvgIpc) is 3.38. The van der Waals surface area contributed by atoms with Crippen LogP contribution in [0, 0.1) is 17.6 Å². The van der Waals surface area contributed by atoms with Crippen LogP contribution in [0.15, 0.2) is 85.5 Å². The van der Waals surface area contributed by atoms with Crippen LogP contribution in [0.3, 0.4) is 0 Å². The normalized spacial score (nSPS) is 17.0. The third kappa shape index (κ3) is 7.27. The fourth-order valence-corrected chi connectivity index (χ4v) is 5.35. The van der Waals surface area contributed by atoms with Crippen molar-refractivity contribution in [2.45, 2.75) is 44.4 Å². The number of aliphatic hydroxyl groups excluding tert-OH is 1. The van der Waals surface area contributed by atoms with Gasteiger partial charge < -0.3 is 43.8 Å². The lowest BCUT2D eigenvalue weighted by Crippen LogP contribution is -3.00. The van der Waals surface area contributed by atoms with Crippen LogP contribution in [0.5, 0.6) is 11.5 Å². The van der Waals surface area contributed by atoms with Crippen LogP contribution in [0.1, 0.15) is 49.0 Å². The lowest BCUT2D eigenvalue weighted by Gasteiger charge is -2.48. The molecule has 0 radical (unpaired) electrons. The van der Waals surface area contributed by atoms with E-state index in [1.807, 2.05) is 30.3 Å². The molecule has 1 amide bonds. The standard InChI is InChI=1S/C32H33F2N3O4.HI/c1-35-17-18-36(21-35)16-2-3-19-41-26-12-13-27(30(39)20-26)31-28(14-15-29(38)22-4-6-23(33)7-5-22)32(40)37(31)25-10-8-24(34)9-11-25;/h4-13,17-18,20-21,28-29,31,38H,2-3,14-16,19H2,1H3;1H. The first-order valence-corrected chi connectivity index (χ1v) is 13.8. The predicted molar refractivity (Wildman–Crippen MR) is 149 cm³/mol. The molecule has 42 heavy (non-hydrogen) atoms. The number of ether oxygens (including phenoxy) is 1. The number of phenols is 1. The van der Waals surface area contributed by atoms with Crippen molar-refractivity contribution in [3.63, 3.8) is 0 Å². The molecule has 1 aromatic heterocycles. The first kappa shape index (κ1) is 31.4. The molecular formula is C32H34F2IN3O4. The Hall–Kier alpha value is -3.51. The second-order valence-corrected chi connectivity index (χ2v) is 10.5. The number of unbranched alkanes of at least 4 members (excludes halogenated alkanes) is 1. The van der Waals surface area contributed by atoms with E-state index >= 15 is 0 Å². The molecule has 4 aromatic rings. The minimum Gasteiger partial charge on any atom is -1.00 e. The lowest BCUT2D eigenvalue weighted by molar-refractivity contribution is -0.671. The number of anilines is 1. The zero-order valence-corrected chi connectivity index (χ0v) is 25.4. The Labute approximate surface area is 261 Å². The summed E-state index contributed by atoms with van der Waals surface area (Å²) in [6.45, 7) is 1.39. The van der Waals surface area contributed by atoms with Crippen molar-refractivity contribution >= 4 is 11.6 Å². The van der Waals surface area contributed by atoms with Gasteiger partial charge in [0.1, 0.15) is 35.5 Å². The van der Waals surface area contributed by atoms with E-state index in [9.17, 15) is 23.8 Å². The summed E-state index contributed by atoms with van der Waals surface area (Å²) in [6.07, 6.45) is 7.58. The number of aromatic nitrogens is 2. The van der Waals surface area contributed by atoms with E-state index in [2.05, 4.69) is 4.57 Å². The summed E-state index contributed by atoms with van der Waals surface area (Å²) in [5, 5.41) is 21.7. The molecule has 2 N–H and O–H groups in total. The molecule has 3 aromatic carbocycles. The zero-order chi connectivity index (χ0) is 28.9. The fraction of sp³-hybridized carbons (Fsp3) is 0.312. The molecule has 0 bridgehead atoms. The van der Waals surface area contributed by atoms with Gasteiger partial charge in [0.05, 0.1) is 38.3 Å². The molecule has 10 heteroatoms. The number of hydrogen-bond acceptors (Lipinski definition) is 4. The highest BCUT2D eigenvalue weighted by molar-refractivity contribution is 6.03. The van der Waals surface area contributed by atoms with Gasteiger partial charge >= 0.3 is 0 Å². The third-order valence-electron chi connectivity index (χ3n) is 7.55. The van der Waals surface area contributed by atoms with E-state index in [-0.39, 0.29) is 47.9 Å². The van der Waals surface area contributed by atoms with Crippen molar-refractivity contribution in [2.24, 2.45) is 13.0 Å². The molecule has 2 heterocycles. The van der Waals surface area contributed by atoms with Crippen molar-refractivity contribution in [3.05, 3.63) is 108 Å². The largest absolute Gasteiger partial charge is 1.00 e. The summed E-state index contributed by atoms with van der Waals surface area (Å²) in [5.74, 6) is -0.965. The van der Waals surface area contributed by atoms with Crippen molar-refractivity contribution in [1.82, 2.24) is 4.57 Å². The Morgan fingerprint density at radius 2 is 1.69 bits per heavy atom. The van der Waals surface area contributed by atoms with Gasteiger partial charge in [0.2, 0.25) is 12.2 Å². The minimum absolute atomic E-state index is 0. The first-order chi connectivity index (χ1) is 19.8. The number of hydrogen-bond donors (Lipinski definition) is 2. The number of phenolic OH excluding ortho intramolecular Hbond substituents is 1.